The van der Waals surface area contributed by atoms with Gasteiger partial charge in [0.25, 0.3) is 0 Å². The first-order valence-corrected chi connectivity index (χ1v) is 8.37. The average Bonchev–Trinajstić information content (AvgIpc) is 2.80. The molecule has 0 aliphatic carbocycles. The van der Waals surface area contributed by atoms with E-state index in [-0.39, 0.29) is 0 Å². The highest BCUT2D eigenvalue weighted by atomic mass is 16.4. The van der Waals surface area contributed by atoms with Gasteiger partial charge in [0, 0.05) is 0 Å². The van der Waals surface area contributed by atoms with Crippen molar-refractivity contribution in [1.29, 1.82) is 0 Å². The monoisotopic (exact) mass is 303 g/mol. The Morgan fingerprint density at radius 3 is 2.41 bits per heavy atom. The third kappa shape index (κ3) is 3.67. The molecule has 4 nitrogen and oxygen atoms in total. The molecule has 0 atom stereocenters. The Hall–Kier alpha value is -1.84. The summed E-state index contributed by atoms with van der Waals surface area (Å²) in [7, 11) is 1.83. The summed E-state index contributed by atoms with van der Waals surface area (Å²) < 4.78 is 3.72. The van der Waals surface area contributed by atoms with E-state index in [0.717, 1.165) is 24.0 Å². The average molecular weight is 303 g/mol. The zero-order chi connectivity index (χ0) is 15.9. The zero-order valence-corrected chi connectivity index (χ0v) is 13.7. The molecule has 0 amide bonds. The first-order valence-electron chi connectivity index (χ1n) is 8.37. The lowest BCUT2D eigenvalue weighted by molar-refractivity contribution is -0.648. The molecule has 0 unspecified atom stereocenters. The van der Waals surface area contributed by atoms with E-state index in [1.54, 1.807) is 4.57 Å². The Morgan fingerprint density at radius 2 is 1.73 bits per heavy atom. The van der Waals surface area contributed by atoms with Gasteiger partial charge in [-0.2, -0.15) is 0 Å². The summed E-state index contributed by atoms with van der Waals surface area (Å²) in [6.45, 7) is 3.00. The number of hydrogen-bond acceptors (Lipinski definition) is 1. The van der Waals surface area contributed by atoms with Crippen molar-refractivity contribution in [2.75, 3.05) is 0 Å². The van der Waals surface area contributed by atoms with Crippen LogP contribution in [0.15, 0.2) is 24.3 Å². The van der Waals surface area contributed by atoms with Crippen molar-refractivity contribution >= 4 is 17.0 Å². The van der Waals surface area contributed by atoms with Gasteiger partial charge in [0.15, 0.2) is 11.0 Å². The van der Waals surface area contributed by atoms with Crippen LogP contribution < -0.4 is 4.57 Å². The van der Waals surface area contributed by atoms with Gasteiger partial charge in [0.1, 0.15) is 0 Å². The number of aromatic carboxylic acids is 1. The topological polar surface area (TPSA) is 46.1 Å². The van der Waals surface area contributed by atoms with Gasteiger partial charge in [0.05, 0.1) is 13.6 Å². The molecule has 0 fully saturated rings. The van der Waals surface area contributed by atoms with Gasteiger partial charge < -0.3 is 5.11 Å². The highest BCUT2D eigenvalue weighted by Crippen LogP contribution is 2.16. The van der Waals surface area contributed by atoms with Crippen molar-refractivity contribution in [2.24, 2.45) is 7.05 Å². The number of nitrogens with zero attached hydrogens (tertiary/aromatic N) is 2. The van der Waals surface area contributed by atoms with Crippen LogP contribution in [-0.4, -0.2) is 15.6 Å². The molecule has 0 saturated heterocycles. The lowest BCUT2D eigenvalue weighted by Gasteiger charge is -2.02. The normalized spacial score (nSPS) is 11.2. The number of fused-ring (bicyclic) bond motifs is 1. The van der Waals surface area contributed by atoms with Crippen molar-refractivity contribution in [3.63, 3.8) is 0 Å². The van der Waals surface area contributed by atoms with Gasteiger partial charge in [-0.1, -0.05) is 51.2 Å². The molecule has 0 aliphatic rings. The van der Waals surface area contributed by atoms with Crippen molar-refractivity contribution in [3.8, 4) is 0 Å². The summed E-state index contributed by atoms with van der Waals surface area (Å²) in [5, 5.41) is 9.51. The highest BCUT2D eigenvalue weighted by Gasteiger charge is 2.27. The van der Waals surface area contributed by atoms with E-state index in [0.29, 0.717) is 5.82 Å². The van der Waals surface area contributed by atoms with E-state index >= 15 is 0 Å². The lowest BCUT2D eigenvalue weighted by atomic mass is 10.1. The van der Waals surface area contributed by atoms with Crippen LogP contribution in [0.3, 0.4) is 0 Å². The summed E-state index contributed by atoms with van der Waals surface area (Å²) in [5.74, 6) is -0.492. The third-order valence-corrected chi connectivity index (χ3v) is 4.28. The van der Waals surface area contributed by atoms with E-state index in [2.05, 4.69) is 6.92 Å². The minimum absolute atomic E-state index is 0.368. The molecule has 0 saturated carbocycles. The molecule has 0 aliphatic heterocycles. The number of rotatable bonds is 9. The van der Waals surface area contributed by atoms with E-state index < -0.39 is 5.97 Å². The maximum Gasteiger partial charge on any atom is 0.419 e. The van der Waals surface area contributed by atoms with Crippen LogP contribution in [0, 0.1) is 0 Å². The van der Waals surface area contributed by atoms with E-state index in [1.165, 1.54) is 38.5 Å². The molecule has 2 rings (SSSR count). The standard InChI is InChI=1S/C18H26N2O2/c1-3-4-5-6-7-8-11-14-20-16-13-10-9-12-15(16)19(2)17(20)18(21)22/h9-10,12-13H,3-8,11,14H2,1-2H3/p+1. The second kappa shape index (κ2) is 7.97. The molecule has 2 aromatic rings. The molecule has 1 aromatic carbocycles. The van der Waals surface area contributed by atoms with Crippen LogP contribution in [0.4, 0.5) is 0 Å². The second-order valence-electron chi connectivity index (χ2n) is 5.95. The Balaban J connectivity index is 2.04. The number of para-hydroxylation sites is 2. The van der Waals surface area contributed by atoms with Gasteiger partial charge >= 0.3 is 11.8 Å². The van der Waals surface area contributed by atoms with Crippen LogP contribution in [-0.2, 0) is 13.6 Å². The van der Waals surface area contributed by atoms with E-state index in [1.807, 2.05) is 35.9 Å². The molecule has 1 heterocycles. The molecular formula is C18H27N2O2+. The van der Waals surface area contributed by atoms with Crippen LogP contribution in [0.1, 0.15) is 62.5 Å². The molecular weight excluding hydrogens is 276 g/mol. The minimum Gasteiger partial charge on any atom is -0.472 e. The Kier molecular flexibility index (Phi) is 5.99. The number of hydrogen-bond donors (Lipinski definition) is 1. The second-order valence-corrected chi connectivity index (χ2v) is 5.95. The number of carbonyl (C=O) groups is 1. The van der Waals surface area contributed by atoms with Crippen molar-refractivity contribution in [2.45, 2.75) is 58.4 Å². The van der Waals surface area contributed by atoms with Crippen molar-refractivity contribution in [1.82, 2.24) is 4.57 Å². The quantitative estimate of drug-likeness (QED) is 0.564. The molecule has 0 spiro atoms. The van der Waals surface area contributed by atoms with Gasteiger partial charge in [-0.15, -0.1) is 0 Å². The predicted octanol–water partition coefficient (Wildman–Crippen LogP) is 3.91. The maximum absolute atomic E-state index is 11.6. The minimum atomic E-state index is -0.860. The molecule has 22 heavy (non-hydrogen) atoms. The molecule has 4 heteroatoms. The SMILES string of the molecule is CCCCCCCCCn1c(C(=O)O)[n+](C)c2ccccc21. The largest absolute Gasteiger partial charge is 0.472 e. The van der Waals surface area contributed by atoms with E-state index in [9.17, 15) is 9.90 Å². The maximum atomic E-state index is 11.6. The van der Waals surface area contributed by atoms with Crippen LogP contribution in [0.2, 0.25) is 0 Å². The van der Waals surface area contributed by atoms with Crippen LogP contribution >= 0.6 is 0 Å². The summed E-state index contributed by atoms with van der Waals surface area (Å²) in [6, 6.07) is 7.90. The number of aryl methyl sites for hydroxylation is 2. The zero-order valence-electron chi connectivity index (χ0n) is 13.7. The van der Waals surface area contributed by atoms with E-state index in [4.69, 9.17) is 0 Å². The van der Waals surface area contributed by atoms with Crippen molar-refractivity contribution < 1.29 is 14.5 Å². The number of aromatic nitrogens is 2. The molecule has 1 aromatic heterocycles. The van der Waals surface area contributed by atoms with Crippen LogP contribution in [0.25, 0.3) is 11.0 Å². The number of benzene rings is 1. The highest BCUT2D eigenvalue weighted by molar-refractivity contribution is 5.86. The Morgan fingerprint density at radius 1 is 1.09 bits per heavy atom. The van der Waals surface area contributed by atoms with Crippen LogP contribution in [0.5, 0.6) is 0 Å². The molecule has 120 valence electrons. The van der Waals surface area contributed by atoms with Gasteiger partial charge in [-0.05, 0) is 25.0 Å². The lowest BCUT2D eigenvalue weighted by Crippen LogP contribution is -2.36. The Labute approximate surface area is 132 Å². The summed E-state index contributed by atoms with van der Waals surface area (Å²) >= 11 is 0. The predicted molar refractivity (Wildman–Crippen MR) is 88.1 cm³/mol. The van der Waals surface area contributed by atoms with Crippen molar-refractivity contribution in [3.05, 3.63) is 30.1 Å². The fourth-order valence-electron chi connectivity index (χ4n) is 3.10. The first-order chi connectivity index (χ1) is 10.7. The molecule has 0 radical (unpaired) electrons. The number of imidazole rings is 1. The number of carboxylic acids is 1. The third-order valence-electron chi connectivity index (χ3n) is 4.28. The fourth-order valence-corrected chi connectivity index (χ4v) is 3.10. The smallest absolute Gasteiger partial charge is 0.419 e. The number of unbranched alkanes of at least 4 members (excludes halogenated alkanes) is 6. The van der Waals surface area contributed by atoms with Gasteiger partial charge in [-0.3, -0.25) is 0 Å². The van der Waals surface area contributed by atoms with Gasteiger partial charge in [0.2, 0.25) is 0 Å². The van der Waals surface area contributed by atoms with Gasteiger partial charge in [-0.25, -0.2) is 13.9 Å². The fraction of sp³-hybridized carbons (Fsp3) is 0.556. The summed E-state index contributed by atoms with van der Waals surface area (Å²) in [4.78, 5) is 11.6. The number of carboxylic acid groups (broad SMARTS) is 1. The summed E-state index contributed by atoms with van der Waals surface area (Å²) in [6.07, 6.45) is 8.64. The Bertz CT molecular complexity index is 631. The molecule has 1 N–H and O–H groups in total. The first kappa shape index (κ1) is 16.5. The summed E-state index contributed by atoms with van der Waals surface area (Å²) in [5.41, 5.74) is 1.98. The molecule has 0 bridgehead atoms.